The molecular weight excluding hydrogens is 376 g/mol. The molecule has 1 aliphatic rings. The van der Waals surface area contributed by atoms with Crippen LogP contribution in [0, 0.1) is 5.41 Å². The number of thioether (sulfide) groups is 1. The predicted molar refractivity (Wildman–Crippen MR) is 97.5 cm³/mol. The van der Waals surface area contributed by atoms with Gasteiger partial charge in [0.15, 0.2) is 6.10 Å². The van der Waals surface area contributed by atoms with Gasteiger partial charge < -0.3 is 20.1 Å². The summed E-state index contributed by atoms with van der Waals surface area (Å²) < 4.78 is 9.67. The molecule has 0 bridgehead atoms. The minimum Gasteiger partial charge on any atom is -0.457 e. The lowest BCUT2D eigenvalue weighted by atomic mass is 9.87. The Morgan fingerprint density at radius 3 is 2.56 bits per heavy atom. The quantitative estimate of drug-likeness (QED) is 0.251. The fourth-order valence-corrected chi connectivity index (χ4v) is 2.75. The number of allylic oxidation sites excluding steroid dienone is 1. The fourth-order valence-electron chi connectivity index (χ4n) is 2.12. The van der Waals surface area contributed by atoms with Crippen LogP contribution >= 0.6 is 11.8 Å². The Balaban J connectivity index is 2.34. The molecule has 150 valence electrons. The molecule has 1 atom stereocenters. The first-order chi connectivity index (χ1) is 12.7. The maximum absolute atomic E-state index is 12.3. The Morgan fingerprint density at radius 2 is 1.89 bits per heavy atom. The summed E-state index contributed by atoms with van der Waals surface area (Å²) in [4.78, 5) is 58.0. The first-order valence-corrected chi connectivity index (χ1v) is 9.37. The van der Waals surface area contributed by atoms with Gasteiger partial charge in [-0.25, -0.2) is 9.59 Å². The highest BCUT2D eigenvalue weighted by Gasteiger charge is 2.44. The van der Waals surface area contributed by atoms with Crippen molar-refractivity contribution in [2.45, 2.75) is 33.3 Å². The largest absolute Gasteiger partial charge is 0.457 e. The molecule has 1 heterocycles. The fraction of sp³-hybridized carbons (Fsp3) is 0.588. The van der Waals surface area contributed by atoms with E-state index in [1.165, 1.54) is 6.08 Å². The van der Waals surface area contributed by atoms with Crippen molar-refractivity contribution < 1.29 is 33.4 Å². The molecule has 1 fully saturated rings. The minimum atomic E-state index is -1.22. The van der Waals surface area contributed by atoms with Gasteiger partial charge in [-0.1, -0.05) is 31.7 Å². The van der Waals surface area contributed by atoms with Gasteiger partial charge in [0.1, 0.15) is 6.61 Å². The van der Waals surface area contributed by atoms with Crippen molar-refractivity contribution in [3.8, 4) is 0 Å². The van der Waals surface area contributed by atoms with E-state index in [4.69, 9.17) is 9.47 Å². The first kappa shape index (κ1) is 22.7. The average molecular weight is 400 g/mol. The van der Waals surface area contributed by atoms with Crippen LogP contribution in [0.1, 0.15) is 27.2 Å². The van der Waals surface area contributed by atoms with Gasteiger partial charge in [0, 0.05) is 30.7 Å². The minimum absolute atomic E-state index is 0.0236. The lowest BCUT2D eigenvalue weighted by Gasteiger charge is -2.28. The van der Waals surface area contributed by atoms with Crippen molar-refractivity contribution in [2.24, 2.45) is 5.41 Å². The summed E-state index contributed by atoms with van der Waals surface area (Å²) in [6.07, 6.45) is 1.91. The molecule has 1 rings (SSSR count). The Labute approximate surface area is 161 Å². The van der Waals surface area contributed by atoms with Gasteiger partial charge in [-0.2, -0.15) is 0 Å². The highest BCUT2D eigenvalue weighted by molar-refractivity contribution is 8.14. The number of amides is 2. The van der Waals surface area contributed by atoms with E-state index in [-0.39, 0.29) is 30.6 Å². The molecule has 0 aromatic carbocycles. The van der Waals surface area contributed by atoms with Crippen molar-refractivity contribution in [1.82, 2.24) is 10.6 Å². The number of esters is 2. The number of cyclic esters (lactones) is 2. The van der Waals surface area contributed by atoms with Crippen LogP contribution in [0.15, 0.2) is 12.2 Å². The Kier molecular flexibility index (Phi) is 8.99. The average Bonchev–Trinajstić information content (AvgIpc) is 2.70. The predicted octanol–water partition coefficient (Wildman–Crippen LogP) is -0.0604. The second-order valence-corrected chi connectivity index (χ2v) is 7.51. The Morgan fingerprint density at radius 1 is 1.19 bits per heavy atom. The number of rotatable bonds is 8. The van der Waals surface area contributed by atoms with E-state index in [0.717, 1.165) is 11.8 Å². The van der Waals surface area contributed by atoms with Crippen molar-refractivity contribution in [3.05, 3.63) is 12.2 Å². The van der Waals surface area contributed by atoms with Gasteiger partial charge in [0.2, 0.25) is 11.0 Å². The zero-order chi connectivity index (χ0) is 20.4. The van der Waals surface area contributed by atoms with Crippen LogP contribution in [0.5, 0.6) is 0 Å². The second-order valence-electron chi connectivity index (χ2n) is 6.41. The Bertz CT molecular complexity index is 631. The SMILES string of the molecule is C/C=C/C(=O)SCCNC(=O)CCNC(=O)[C@@H]1OC(=O)C(=O)OCC1(C)C. The number of nitrogens with one attached hydrogen (secondary N) is 2. The number of carbonyl (C=O) groups excluding carboxylic acids is 5. The van der Waals surface area contributed by atoms with Crippen LogP contribution < -0.4 is 10.6 Å². The summed E-state index contributed by atoms with van der Waals surface area (Å²) >= 11 is 1.09. The third-order valence-corrected chi connectivity index (χ3v) is 4.37. The smallest absolute Gasteiger partial charge is 0.418 e. The zero-order valence-electron chi connectivity index (χ0n) is 15.5. The van der Waals surface area contributed by atoms with Crippen molar-refractivity contribution in [1.29, 1.82) is 0 Å². The van der Waals surface area contributed by atoms with Gasteiger partial charge >= 0.3 is 11.9 Å². The molecule has 0 aromatic rings. The van der Waals surface area contributed by atoms with E-state index >= 15 is 0 Å². The van der Waals surface area contributed by atoms with Crippen LogP contribution in [-0.2, 0) is 33.4 Å². The summed E-state index contributed by atoms with van der Waals surface area (Å²) in [6.45, 7) is 5.23. The Hall–Kier alpha value is -2.36. The maximum atomic E-state index is 12.3. The van der Waals surface area contributed by atoms with E-state index in [1.54, 1.807) is 26.8 Å². The third kappa shape index (κ3) is 7.81. The highest BCUT2D eigenvalue weighted by atomic mass is 32.2. The van der Waals surface area contributed by atoms with Crippen LogP contribution in [-0.4, -0.2) is 60.4 Å². The van der Waals surface area contributed by atoms with Gasteiger partial charge in [-0.05, 0) is 13.0 Å². The molecule has 0 aromatic heterocycles. The van der Waals surface area contributed by atoms with Crippen LogP contribution in [0.4, 0.5) is 0 Å². The summed E-state index contributed by atoms with van der Waals surface area (Å²) in [5.41, 5.74) is -0.898. The molecule has 27 heavy (non-hydrogen) atoms. The van der Waals surface area contributed by atoms with Crippen LogP contribution in [0.2, 0.25) is 0 Å². The number of hydrogen-bond acceptors (Lipinski definition) is 8. The molecule has 0 radical (unpaired) electrons. The topological polar surface area (TPSA) is 128 Å². The second kappa shape index (κ2) is 10.7. The van der Waals surface area contributed by atoms with E-state index < -0.39 is 29.4 Å². The van der Waals surface area contributed by atoms with E-state index in [9.17, 15) is 24.0 Å². The molecule has 0 unspecified atom stereocenters. The zero-order valence-corrected chi connectivity index (χ0v) is 16.4. The summed E-state index contributed by atoms with van der Waals surface area (Å²) in [7, 11) is 0. The van der Waals surface area contributed by atoms with Crippen LogP contribution in [0.3, 0.4) is 0 Å². The van der Waals surface area contributed by atoms with Crippen molar-refractivity contribution in [3.63, 3.8) is 0 Å². The molecule has 0 saturated carbocycles. The van der Waals surface area contributed by atoms with E-state index in [1.807, 2.05) is 0 Å². The van der Waals surface area contributed by atoms with Crippen molar-refractivity contribution in [2.75, 3.05) is 25.4 Å². The molecule has 1 aliphatic heterocycles. The molecule has 1 saturated heterocycles. The van der Waals surface area contributed by atoms with E-state index in [0.29, 0.717) is 12.3 Å². The summed E-state index contributed by atoms with van der Waals surface area (Å²) in [5, 5.41) is 5.07. The third-order valence-electron chi connectivity index (χ3n) is 3.54. The van der Waals surface area contributed by atoms with Gasteiger partial charge in [-0.15, -0.1) is 0 Å². The number of ether oxygens (including phenoxy) is 2. The normalized spacial score (nSPS) is 19.0. The lowest BCUT2D eigenvalue weighted by Crippen LogP contribution is -2.47. The molecule has 0 spiro atoms. The van der Waals surface area contributed by atoms with Gasteiger partial charge in [0.25, 0.3) is 5.91 Å². The standard InChI is InChI=1S/C17H24N2O7S/c1-4-5-12(21)27-9-8-18-11(20)6-7-19-14(22)13-17(2,3)10-25-15(23)16(24)26-13/h4-5,13H,6-10H2,1-3H3,(H,18,20)(H,19,22)/b5-4+/t13-/m0/s1. The number of carbonyl (C=O) groups is 5. The number of hydrogen-bond donors (Lipinski definition) is 2. The molecule has 0 aliphatic carbocycles. The summed E-state index contributed by atoms with van der Waals surface area (Å²) in [5.74, 6) is -2.80. The highest BCUT2D eigenvalue weighted by Crippen LogP contribution is 2.27. The van der Waals surface area contributed by atoms with Crippen LogP contribution in [0.25, 0.3) is 0 Å². The van der Waals surface area contributed by atoms with Crippen molar-refractivity contribution >= 4 is 40.6 Å². The summed E-state index contributed by atoms with van der Waals surface area (Å²) in [6, 6.07) is 0. The molecule has 2 N–H and O–H groups in total. The monoisotopic (exact) mass is 400 g/mol. The van der Waals surface area contributed by atoms with E-state index in [2.05, 4.69) is 10.6 Å². The maximum Gasteiger partial charge on any atom is 0.418 e. The molecular formula is C17H24N2O7S. The lowest BCUT2D eigenvalue weighted by molar-refractivity contribution is -0.168. The molecule has 2 amide bonds. The molecule has 10 heteroatoms. The van der Waals surface area contributed by atoms with Gasteiger partial charge in [0.05, 0.1) is 0 Å². The first-order valence-electron chi connectivity index (χ1n) is 8.39. The molecule has 9 nitrogen and oxygen atoms in total. The van der Waals surface area contributed by atoms with Gasteiger partial charge in [-0.3, -0.25) is 14.4 Å².